The largest absolute Gasteiger partial charge is 0.245 e. The van der Waals surface area contributed by atoms with Gasteiger partial charge in [0, 0.05) is 18.7 Å². The summed E-state index contributed by atoms with van der Waals surface area (Å²) in [5, 5.41) is 0. The van der Waals surface area contributed by atoms with Gasteiger partial charge in [-0.25, -0.2) is 17.2 Å². The van der Waals surface area contributed by atoms with Gasteiger partial charge in [-0.05, 0) is 25.0 Å². The van der Waals surface area contributed by atoms with Gasteiger partial charge in [0.15, 0.2) is 5.82 Å². The number of halogens is 3. The number of hydrogen-bond donors (Lipinski definition) is 0. The fraction of sp³-hybridized carbons (Fsp3) is 0.538. The second-order valence-electron chi connectivity index (χ2n) is 4.93. The maximum absolute atomic E-state index is 14.1. The van der Waals surface area contributed by atoms with Gasteiger partial charge >= 0.3 is 0 Å². The number of hydrogen-bond acceptors (Lipinski definition) is 2. The molecule has 0 saturated heterocycles. The fourth-order valence-electron chi connectivity index (χ4n) is 2.52. The van der Waals surface area contributed by atoms with Gasteiger partial charge in [-0.3, -0.25) is 0 Å². The molecule has 0 atom stereocenters. The van der Waals surface area contributed by atoms with Crippen molar-refractivity contribution in [2.75, 3.05) is 7.05 Å². The first-order valence-corrected chi connectivity index (χ1v) is 8.38. The van der Waals surface area contributed by atoms with E-state index in [0.29, 0.717) is 0 Å². The molecule has 0 spiro atoms. The van der Waals surface area contributed by atoms with E-state index in [2.05, 4.69) is 0 Å². The molecule has 1 aromatic rings. The van der Waals surface area contributed by atoms with Crippen LogP contribution < -0.4 is 0 Å². The Balaban J connectivity index is 2.44. The number of rotatable bonds is 4. The third-order valence-corrected chi connectivity index (χ3v) is 5.97. The molecule has 0 amide bonds. The van der Waals surface area contributed by atoms with Crippen molar-refractivity contribution in [2.24, 2.45) is 0 Å². The highest BCUT2D eigenvalue weighted by molar-refractivity contribution is 7.89. The average molecular weight is 324 g/mol. The molecular formula is C13H16ClF2NO2S. The molecule has 1 aromatic carbocycles. The standard InChI is InChI=1S/C13H16ClF2NO2S/c1-17(9-4-2-3-5-9)20(18,19)12-7-6-11(15)10(8-14)13(12)16/h6-7,9H,2-5,8H2,1H3. The van der Waals surface area contributed by atoms with E-state index in [0.717, 1.165) is 37.8 Å². The van der Waals surface area contributed by atoms with Crippen LogP contribution in [0.5, 0.6) is 0 Å². The van der Waals surface area contributed by atoms with Crippen molar-refractivity contribution in [2.45, 2.75) is 42.5 Å². The van der Waals surface area contributed by atoms with E-state index in [1.54, 1.807) is 0 Å². The van der Waals surface area contributed by atoms with Crippen LogP contribution in [0.25, 0.3) is 0 Å². The van der Waals surface area contributed by atoms with Crippen LogP contribution in [-0.4, -0.2) is 25.8 Å². The van der Waals surface area contributed by atoms with Crippen molar-refractivity contribution in [3.8, 4) is 0 Å². The molecule has 1 saturated carbocycles. The highest BCUT2D eigenvalue weighted by Gasteiger charge is 2.33. The minimum atomic E-state index is -3.97. The Morgan fingerprint density at radius 1 is 1.30 bits per heavy atom. The molecule has 7 heteroatoms. The van der Waals surface area contributed by atoms with Crippen LogP contribution in [0.1, 0.15) is 31.2 Å². The topological polar surface area (TPSA) is 37.4 Å². The van der Waals surface area contributed by atoms with Crippen molar-refractivity contribution in [1.29, 1.82) is 0 Å². The summed E-state index contributed by atoms with van der Waals surface area (Å²) < 4.78 is 53.6. The molecule has 2 rings (SSSR count). The van der Waals surface area contributed by atoms with Crippen LogP contribution in [0.3, 0.4) is 0 Å². The summed E-state index contributed by atoms with van der Waals surface area (Å²) in [6, 6.07) is 1.78. The van der Waals surface area contributed by atoms with Gasteiger partial charge in [0.2, 0.25) is 10.0 Å². The molecule has 20 heavy (non-hydrogen) atoms. The second kappa shape index (κ2) is 5.95. The van der Waals surface area contributed by atoms with Crippen LogP contribution in [0, 0.1) is 11.6 Å². The molecule has 1 aliphatic rings. The van der Waals surface area contributed by atoms with E-state index in [1.807, 2.05) is 0 Å². The SMILES string of the molecule is CN(C1CCCC1)S(=O)(=O)c1ccc(F)c(CCl)c1F. The van der Waals surface area contributed by atoms with Gasteiger partial charge in [0.1, 0.15) is 10.7 Å². The molecule has 112 valence electrons. The van der Waals surface area contributed by atoms with Gasteiger partial charge in [0.25, 0.3) is 0 Å². The Kier molecular flexibility index (Phi) is 4.66. The molecule has 0 unspecified atom stereocenters. The summed E-state index contributed by atoms with van der Waals surface area (Å²) in [7, 11) is -2.53. The van der Waals surface area contributed by atoms with Crippen LogP contribution >= 0.6 is 11.6 Å². The predicted octanol–water partition coefficient (Wildman–Crippen LogP) is 3.27. The summed E-state index contributed by atoms with van der Waals surface area (Å²) in [5.41, 5.74) is -0.410. The number of nitrogens with zero attached hydrogens (tertiary/aromatic N) is 1. The van der Waals surface area contributed by atoms with Crippen molar-refractivity contribution in [3.63, 3.8) is 0 Å². The maximum atomic E-state index is 14.1. The number of benzene rings is 1. The number of alkyl halides is 1. The van der Waals surface area contributed by atoms with Gasteiger partial charge in [0.05, 0.1) is 5.88 Å². The number of sulfonamides is 1. The lowest BCUT2D eigenvalue weighted by Crippen LogP contribution is -2.35. The van der Waals surface area contributed by atoms with E-state index < -0.39 is 38.0 Å². The van der Waals surface area contributed by atoms with E-state index in [1.165, 1.54) is 11.4 Å². The predicted molar refractivity (Wildman–Crippen MR) is 73.1 cm³/mol. The second-order valence-corrected chi connectivity index (χ2v) is 7.16. The van der Waals surface area contributed by atoms with Crippen LogP contribution in [0.15, 0.2) is 17.0 Å². The Morgan fingerprint density at radius 3 is 2.45 bits per heavy atom. The van der Waals surface area contributed by atoms with Crippen molar-refractivity contribution in [1.82, 2.24) is 4.31 Å². The molecule has 3 nitrogen and oxygen atoms in total. The molecule has 0 N–H and O–H groups in total. The zero-order chi connectivity index (χ0) is 14.9. The Bertz CT molecular complexity index is 601. The van der Waals surface area contributed by atoms with Crippen LogP contribution in [-0.2, 0) is 15.9 Å². The molecule has 0 aliphatic heterocycles. The first kappa shape index (κ1) is 15.7. The lowest BCUT2D eigenvalue weighted by Gasteiger charge is -2.24. The molecule has 0 aromatic heterocycles. The summed E-state index contributed by atoms with van der Waals surface area (Å²) in [5.74, 6) is -2.33. The molecule has 1 aliphatic carbocycles. The van der Waals surface area contributed by atoms with E-state index >= 15 is 0 Å². The maximum Gasteiger partial charge on any atom is 0.245 e. The van der Waals surface area contributed by atoms with Gasteiger partial charge in [-0.15, -0.1) is 11.6 Å². The van der Waals surface area contributed by atoms with E-state index in [9.17, 15) is 17.2 Å². The van der Waals surface area contributed by atoms with Crippen LogP contribution in [0.4, 0.5) is 8.78 Å². The van der Waals surface area contributed by atoms with Gasteiger partial charge < -0.3 is 0 Å². The van der Waals surface area contributed by atoms with Crippen molar-refractivity contribution >= 4 is 21.6 Å². The monoisotopic (exact) mass is 323 g/mol. The molecule has 0 bridgehead atoms. The third-order valence-electron chi connectivity index (χ3n) is 3.78. The Hall–Kier alpha value is -0.720. The lowest BCUT2D eigenvalue weighted by molar-refractivity contribution is 0.370. The fourth-order valence-corrected chi connectivity index (χ4v) is 4.27. The molecular weight excluding hydrogens is 308 g/mol. The normalized spacial score (nSPS) is 17.1. The summed E-state index contributed by atoms with van der Waals surface area (Å²) in [6.45, 7) is 0. The zero-order valence-corrected chi connectivity index (χ0v) is 12.6. The first-order chi connectivity index (χ1) is 9.39. The minimum Gasteiger partial charge on any atom is -0.207 e. The van der Waals surface area contributed by atoms with E-state index in [-0.39, 0.29) is 6.04 Å². The third kappa shape index (κ3) is 2.69. The molecule has 1 fully saturated rings. The summed E-state index contributed by atoms with van der Waals surface area (Å²) in [4.78, 5) is -0.510. The minimum absolute atomic E-state index is 0.121. The Morgan fingerprint density at radius 2 is 1.90 bits per heavy atom. The molecule has 0 heterocycles. The van der Waals surface area contributed by atoms with Crippen LogP contribution in [0.2, 0.25) is 0 Å². The average Bonchev–Trinajstić information content (AvgIpc) is 2.91. The molecule has 0 radical (unpaired) electrons. The quantitative estimate of drug-likeness (QED) is 0.798. The van der Waals surface area contributed by atoms with E-state index in [4.69, 9.17) is 11.6 Å². The van der Waals surface area contributed by atoms with Gasteiger partial charge in [-0.1, -0.05) is 12.8 Å². The highest BCUT2D eigenvalue weighted by atomic mass is 35.5. The Labute approximate surface area is 122 Å². The van der Waals surface area contributed by atoms with Crippen molar-refractivity contribution in [3.05, 3.63) is 29.3 Å². The highest BCUT2D eigenvalue weighted by Crippen LogP contribution is 2.30. The van der Waals surface area contributed by atoms with Crippen molar-refractivity contribution < 1.29 is 17.2 Å². The summed E-state index contributed by atoms with van der Waals surface area (Å²) in [6.07, 6.45) is 3.45. The first-order valence-electron chi connectivity index (χ1n) is 6.40. The lowest BCUT2D eigenvalue weighted by atomic mass is 10.2. The van der Waals surface area contributed by atoms with Gasteiger partial charge in [-0.2, -0.15) is 4.31 Å². The zero-order valence-electron chi connectivity index (χ0n) is 11.1. The smallest absolute Gasteiger partial charge is 0.207 e. The summed E-state index contributed by atoms with van der Waals surface area (Å²) >= 11 is 5.48.